The average Bonchev–Trinajstić information content (AvgIpc) is 2.41. The molecule has 1 atom stereocenters. The Morgan fingerprint density at radius 1 is 1.33 bits per heavy atom. The molecule has 5 heteroatoms. The van der Waals surface area contributed by atoms with Crippen molar-refractivity contribution in [2.45, 2.75) is 17.9 Å². The van der Waals surface area contributed by atoms with Gasteiger partial charge in [0, 0.05) is 28.6 Å². The minimum absolute atomic E-state index is 0.0525. The van der Waals surface area contributed by atoms with Crippen LogP contribution >= 0.6 is 11.8 Å². The first-order valence-corrected chi connectivity index (χ1v) is 6.68. The summed E-state index contributed by atoms with van der Waals surface area (Å²) in [6, 6.07) is 8.48. The summed E-state index contributed by atoms with van der Waals surface area (Å²) >= 11 is 1.76. The lowest BCUT2D eigenvalue weighted by atomic mass is 10.2. The molecule has 0 bridgehead atoms. The number of benzene rings is 1. The van der Waals surface area contributed by atoms with E-state index in [9.17, 15) is 0 Å². The Morgan fingerprint density at radius 2 is 2.11 bits per heavy atom. The standard InChI is InChI=1S/C13H16N4S/c1-10-3-2-4-12(5-10)18-8-13(17-14)11-6-15-9-16-7-11/h2-7,9,13,17H,8,14H2,1H3. The van der Waals surface area contributed by atoms with E-state index in [-0.39, 0.29) is 6.04 Å². The number of rotatable bonds is 5. The van der Waals surface area contributed by atoms with Crippen LogP contribution < -0.4 is 11.3 Å². The Balaban J connectivity index is 2.00. The number of aryl methyl sites for hydroxylation is 1. The van der Waals surface area contributed by atoms with Gasteiger partial charge in [-0.3, -0.25) is 11.3 Å². The summed E-state index contributed by atoms with van der Waals surface area (Å²) in [5, 5.41) is 0. The van der Waals surface area contributed by atoms with Gasteiger partial charge in [-0.2, -0.15) is 0 Å². The molecule has 94 valence electrons. The van der Waals surface area contributed by atoms with E-state index in [0.717, 1.165) is 11.3 Å². The molecule has 1 heterocycles. The van der Waals surface area contributed by atoms with Gasteiger partial charge in [0.05, 0.1) is 6.04 Å². The topological polar surface area (TPSA) is 63.8 Å². The van der Waals surface area contributed by atoms with Gasteiger partial charge in [0.1, 0.15) is 6.33 Å². The van der Waals surface area contributed by atoms with E-state index < -0.39 is 0 Å². The van der Waals surface area contributed by atoms with Gasteiger partial charge in [-0.25, -0.2) is 9.97 Å². The van der Waals surface area contributed by atoms with Crippen molar-refractivity contribution in [2.24, 2.45) is 5.84 Å². The lowest BCUT2D eigenvalue weighted by molar-refractivity contribution is 0.606. The molecule has 0 radical (unpaired) electrons. The largest absolute Gasteiger partial charge is 0.271 e. The molecule has 3 N–H and O–H groups in total. The zero-order valence-corrected chi connectivity index (χ0v) is 11.0. The van der Waals surface area contributed by atoms with Crippen LogP contribution in [0.3, 0.4) is 0 Å². The van der Waals surface area contributed by atoms with Gasteiger partial charge < -0.3 is 0 Å². The number of nitrogens with two attached hydrogens (primary N) is 1. The predicted octanol–water partition coefficient (Wildman–Crippen LogP) is 2.08. The maximum absolute atomic E-state index is 5.58. The van der Waals surface area contributed by atoms with Crippen molar-refractivity contribution in [1.82, 2.24) is 15.4 Å². The van der Waals surface area contributed by atoms with Crippen molar-refractivity contribution in [1.29, 1.82) is 0 Å². The zero-order valence-electron chi connectivity index (χ0n) is 10.2. The van der Waals surface area contributed by atoms with Crippen LogP contribution in [-0.4, -0.2) is 15.7 Å². The van der Waals surface area contributed by atoms with E-state index >= 15 is 0 Å². The molecule has 0 aliphatic heterocycles. The highest BCUT2D eigenvalue weighted by atomic mass is 32.2. The lowest BCUT2D eigenvalue weighted by Gasteiger charge is -2.15. The van der Waals surface area contributed by atoms with Gasteiger partial charge in [0.15, 0.2) is 0 Å². The Morgan fingerprint density at radius 3 is 2.78 bits per heavy atom. The molecule has 0 saturated carbocycles. The van der Waals surface area contributed by atoms with Gasteiger partial charge in [0.25, 0.3) is 0 Å². The lowest BCUT2D eigenvalue weighted by Crippen LogP contribution is -2.29. The van der Waals surface area contributed by atoms with Crippen LogP contribution in [0.2, 0.25) is 0 Å². The van der Waals surface area contributed by atoms with Gasteiger partial charge in [-0.1, -0.05) is 17.7 Å². The Hall–Kier alpha value is -1.43. The van der Waals surface area contributed by atoms with E-state index in [4.69, 9.17) is 5.84 Å². The molecule has 0 aliphatic rings. The molecule has 1 aromatic heterocycles. The molecular weight excluding hydrogens is 244 g/mol. The average molecular weight is 260 g/mol. The van der Waals surface area contributed by atoms with Crippen molar-refractivity contribution in [2.75, 3.05) is 5.75 Å². The van der Waals surface area contributed by atoms with E-state index in [1.54, 1.807) is 24.2 Å². The normalized spacial score (nSPS) is 12.3. The number of aromatic nitrogens is 2. The summed E-state index contributed by atoms with van der Waals surface area (Å²) in [5.74, 6) is 6.42. The second-order valence-corrected chi connectivity index (χ2v) is 5.11. The summed E-state index contributed by atoms with van der Waals surface area (Å²) in [5.41, 5.74) is 5.07. The maximum atomic E-state index is 5.58. The summed E-state index contributed by atoms with van der Waals surface area (Å²) in [6.45, 7) is 2.09. The quantitative estimate of drug-likeness (QED) is 0.489. The van der Waals surface area contributed by atoms with Crippen molar-refractivity contribution < 1.29 is 0 Å². The summed E-state index contributed by atoms with van der Waals surface area (Å²) < 4.78 is 0. The summed E-state index contributed by atoms with van der Waals surface area (Å²) in [4.78, 5) is 9.26. The first kappa shape index (κ1) is 13.0. The van der Waals surface area contributed by atoms with E-state index in [1.807, 2.05) is 0 Å². The third kappa shape index (κ3) is 3.53. The third-order valence-corrected chi connectivity index (χ3v) is 3.68. The summed E-state index contributed by atoms with van der Waals surface area (Å²) in [7, 11) is 0. The van der Waals surface area contributed by atoms with Crippen molar-refractivity contribution >= 4 is 11.8 Å². The highest BCUT2D eigenvalue weighted by Crippen LogP contribution is 2.24. The number of hydrazine groups is 1. The van der Waals surface area contributed by atoms with Gasteiger partial charge >= 0.3 is 0 Å². The minimum Gasteiger partial charge on any atom is -0.271 e. The fourth-order valence-corrected chi connectivity index (χ4v) is 2.71. The first-order chi connectivity index (χ1) is 8.79. The smallest absolute Gasteiger partial charge is 0.115 e. The fourth-order valence-electron chi connectivity index (χ4n) is 1.62. The number of hydrogen-bond acceptors (Lipinski definition) is 5. The monoisotopic (exact) mass is 260 g/mol. The highest BCUT2D eigenvalue weighted by molar-refractivity contribution is 7.99. The molecule has 0 aliphatic carbocycles. The second-order valence-electron chi connectivity index (χ2n) is 4.02. The van der Waals surface area contributed by atoms with Crippen molar-refractivity contribution in [3.63, 3.8) is 0 Å². The van der Waals surface area contributed by atoms with Crippen LogP contribution in [0.15, 0.2) is 47.9 Å². The molecule has 1 aromatic carbocycles. The van der Waals surface area contributed by atoms with Crippen LogP contribution in [0, 0.1) is 6.92 Å². The molecule has 4 nitrogen and oxygen atoms in total. The van der Waals surface area contributed by atoms with Gasteiger partial charge in [-0.15, -0.1) is 11.8 Å². The molecule has 18 heavy (non-hydrogen) atoms. The number of hydrogen-bond donors (Lipinski definition) is 2. The fraction of sp³-hybridized carbons (Fsp3) is 0.231. The van der Waals surface area contributed by atoms with E-state index in [1.165, 1.54) is 16.8 Å². The molecule has 1 unspecified atom stereocenters. The molecule has 2 aromatic rings. The molecule has 0 fully saturated rings. The third-order valence-electron chi connectivity index (χ3n) is 2.59. The first-order valence-electron chi connectivity index (χ1n) is 5.70. The zero-order chi connectivity index (χ0) is 12.8. The second kappa shape index (κ2) is 6.49. The van der Waals surface area contributed by atoms with Crippen LogP contribution in [-0.2, 0) is 0 Å². The Labute approximate surface area is 111 Å². The van der Waals surface area contributed by atoms with E-state index in [2.05, 4.69) is 46.6 Å². The minimum atomic E-state index is 0.0525. The molecule has 0 saturated heterocycles. The Kier molecular flexibility index (Phi) is 4.69. The van der Waals surface area contributed by atoms with Crippen molar-refractivity contribution in [3.05, 3.63) is 54.1 Å². The van der Waals surface area contributed by atoms with Crippen LogP contribution in [0.1, 0.15) is 17.2 Å². The Bertz CT molecular complexity index is 489. The summed E-state index contributed by atoms with van der Waals surface area (Å²) in [6.07, 6.45) is 5.09. The van der Waals surface area contributed by atoms with Gasteiger partial charge in [-0.05, 0) is 19.1 Å². The number of thioether (sulfide) groups is 1. The number of nitrogens with zero attached hydrogens (tertiary/aromatic N) is 2. The molecule has 2 rings (SSSR count). The predicted molar refractivity (Wildman–Crippen MR) is 74.0 cm³/mol. The molecule has 0 spiro atoms. The maximum Gasteiger partial charge on any atom is 0.115 e. The molecular formula is C13H16N4S. The van der Waals surface area contributed by atoms with Crippen LogP contribution in [0.4, 0.5) is 0 Å². The van der Waals surface area contributed by atoms with Gasteiger partial charge in [0.2, 0.25) is 0 Å². The van der Waals surface area contributed by atoms with Crippen molar-refractivity contribution in [3.8, 4) is 0 Å². The van der Waals surface area contributed by atoms with Crippen LogP contribution in [0.25, 0.3) is 0 Å². The SMILES string of the molecule is Cc1cccc(SCC(NN)c2cncnc2)c1. The molecule has 0 amide bonds. The highest BCUT2D eigenvalue weighted by Gasteiger charge is 2.10. The van der Waals surface area contributed by atoms with Crippen LogP contribution in [0.5, 0.6) is 0 Å². The number of nitrogens with one attached hydrogen (secondary N) is 1. The van der Waals surface area contributed by atoms with E-state index in [0.29, 0.717) is 0 Å².